The Morgan fingerprint density at radius 2 is 1.96 bits per heavy atom. The first-order valence-electron chi connectivity index (χ1n) is 7.69. The zero-order valence-electron chi connectivity index (χ0n) is 13.2. The summed E-state index contributed by atoms with van der Waals surface area (Å²) in [5.74, 6) is 0.781. The van der Waals surface area contributed by atoms with Crippen molar-refractivity contribution < 1.29 is 13.9 Å². The number of ether oxygens (including phenoxy) is 1. The van der Waals surface area contributed by atoms with Crippen LogP contribution >= 0.6 is 15.9 Å². The van der Waals surface area contributed by atoms with E-state index in [-0.39, 0.29) is 17.5 Å². The van der Waals surface area contributed by atoms with Crippen molar-refractivity contribution in [3.63, 3.8) is 0 Å². The number of Topliss-reactive ketones (excluding diaryl/α,β-unsaturated/α-hetero) is 1. The number of hydrogen-bond acceptors (Lipinski definition) is 5. The number of rotatable bonds is 4. The Balaban J connectivity index is 1.65. The van der Waals surface area contributed by atoms with Gasteiger partial charge in [0.2, 0.25) is 11.8 Å². The number of hydrogen-bond donors (Lipinski definition) is 0. The number of halogens is 2. The lowest BCUT2D eigenvalue weighted by molar-refractivity contribution is 0.0900. The number of carbonyl (C=O) groups excluding carboxylic acids is 1. The van der Waals surface area contributed by atoms with E-state index in [0.717, 1.165) is 12.8 Å². The summed E-state index contributed by atoms with van der Waals surface area (Å²) < 4.78 is 18.9. The molecular weight excluding hydrogens is 377 g/mol. The minimum atomic E-state index is -0.331. The van der Waals surface area contributed by atoms with E-state index in [1.807, 2.05) is 4.90 Å². The van der Waals surface area contributed by atoms with Crippen LogP contribution in [-0.4, -0.2) is 36.0 Å². The fraction of sp³-hybridized carbons (Fsp3) is 0.353. The van der Waals surface area contributed by atoms with Gasteiger partial charge in [-0.2, -0.15) is 4.98 Å². The normalized spacial score (nSPS) is 15.4. The summed E-state index contributed by atoms with van der Waals surface area (Å²) >= 11 is 3.33. The standard InChI is InChI=1S/C17H17BrFN3O2/c1-24-16-14(18)10-20-17(21-16)22-8-6-12(7-9-22)15(23)11-2-4-13(19)5-3-11/h2-5,10,12H,6-9H2,1H3. The molecular formula is C17H17BrFN3O2. The first kappa shape index (κ1) is 16.8. The Morgan fingerprint density at radius 1 is 1.29 bits per heavy atom. The summed E-state index contributed by atoms with van der Waals surface area (Å²) in [7, 11) is 1.56. The van der Waals surface area contributed by atoms with Crippen molar-refractivity contribution in [3.8, 4) is 5.88 Å². The van der Waals surface area contributed by atoms with Crippen molar-refractivity contribution in [1.29, 1.82) is 0 Å². The van der Waals surface area contributed by atoms with Crippen molar-refractivity contribution in [2.24, 2.45) is 5.92 Å². The fourth-order valence-corrected chi connectivity index (χ4v) is 3.18. The molecule has 1 aliphatic heterocycles. The average molecular weight is 394 g/mol. The summed E-state index contributed by atoms with van der Waals surface area (Å²) in [5, 5.41) is 0. The van der Waals surface area contributed by atoms with Crippen LogP contribution in [0.25, 0.3) is 0 Å². The summed E-state index contributed by atoms with van der Waals surface area (Å²) in [6.07, 6.45) is 3.10. The van der Waals surface area contributed by atoms with Crippen LogP contribution in [0.1, 0.15) is 23.2 Å². The molecule has 0 radical (unpaired) electrons. The molecule has 1 aromatic carbocycles. The quantitative estimate of drug-likeness (QED) is 0.744. The van der Waals surface area contributed by atoms with Gasteiger partial charge in [0.25, 0.3) is 0 Å². The SMILES string of the molecule is COc1nc(N2CCC(C(=O)c3ccc(F)cc3)CC2)ncc1Br. The number of aromatic nitrogens is 2. The van der Waals surface area contributed by atoms with E-state index in [1.54, 1.807) is 25.4 Å². The predicted octanol–water partition coefficient (Wildman–Crippen LogP) is 3.49. The van der Waals surface area contributed by atoms with Gasteiger partial charge in [-0.05, 0) is 53.0 Å². The fourth-order valence-electron chi connectivity index (χ4n) is 2.83. The lowest BCUT2D eigenvalue weighted by Crippen LogP contribution is -2.37. The molecule has 24 heavy (non-hydrogen) atoms. The Hall–Kier alpha value is -2.02. The van der Waals surface area contributed by atoms with Gasteiger partial charge in [0.1, 0.15) is 5.82 Å². The number of methoxy groups -OCH3 is 1. The van der Waals surface area contributed by atoms with Gasteiger partial charge in [-0.3, -0.25) is 4.79 Å². The second-order valence-corrected chi connectivity index (χ2v) is 6.51. The highest BCUT2D eigenvalue weighted by atomic mass is 79.9. The maximum Gasteiger partial charge on any atom is 0.232 e. The van der Waals surface area contributed by atoms with Crippen LogP contribution in [0.4, 0.5) is 10.3 Å². The van der Waals surface area contributed by atoms with E-state index in [9.17, 15) is 9.18 Å². The van der Waals surface area contributed by atoms with E-state index in [2.05, 4.69) is 25.9 Å². The molecule has 0 amide bonds. The average Bonchev–Trinajstić information content (AvgIpc) is 2.62. The molecule has 2 aromatic rings. The number of ketones is 1. The van der Waals surface area contributed by atoms with Gasteiger partial charge < -0.3 is 9.64 Å². The number of anilines is 1. The predicted molar refractivity (Wildman–Crippen MR) is 92.0 cm³/mol. The third-order valence-electron chi connectivity index (χ3n) is 4.17. The molecule has 0 bridgehead atoms. The second kappa shape index (κ2) is 7.25. The molecule has 1 saturated heterocycles. The molecule has 0 spiro atoms. The molecule has 0 atom stereocenters. The molecule has 0 N–H and O–H groups in total. The van der Waals surface area contributed by atoms with Gasteiger partial charge in [-0.15, -0.1) is 0 Å². The van der Waals surface area contributed by atoms with E-state index < -0.39 is 0 Å². The van der Waals surface area contributed by atoms with Gasteiger partial charge in [-0.1, -0.05) is 0 Å². The third-order valence-corrected chi connectivity index (χ3v) is 4.71. The molecule has 0 aliphatic carbocycles. The van der Waals surface area contributed by atoms with Crippen molar-refractivity contribution >= 4 is 27.7 Å². The number of piperidine rings is 1. The first-order valence-corrected chi connectivity index (χ1v) is 8.49. The maximum atomic E-state index is 13.0. The molecule has 0 saturated carbocycles. The summed E-state index contributed by atoms with van der Waals surface area (Å²) in [4.78, 5) is 23.2. The minimum Gasteiger partial charge on any atom is -0.480 e. The topological polar surface area (TPSA) is 55.3 Å². The molecule has 1 aromatic heterocycles. The summed E-state index contributed by atoms with van der Waals surface area (Å²) in [5.41, 5.74) is 0.566. The van der Waals surface area contributed by atoms with Gasteiger partial charge in [-0.25, -0.2) is 9.37 Å². The Kier molecular flexibility index (Phi) is 5.08. The molecule has 126 valence electrons. The smallest absolute Gasteiger partial charge is 0.232 e. The first-order chi connectivity index (χ1) is 11.6. The van der Waals surface area contributed by atoms with Crippen LogP contribution in [-0.2, 0) is 0 Å². The van der Waals surface area contributed by atoms with Gasteiger partial charge in [0.05, 0.1) is 17.8 Å². The molecule has 1 fully saturated rings. The maximum absolute atomic E-state index is 13.0. The number of carbonyl (C=O) groups is 1. The van der Waals surface area contributed by atoms with Crippen LogP contribution in [0.15, 0.2) is 34.9 Å². The van der Waals surface area contributed by atoms with Gasteiger partial charge in [0.15, 0.2) is 5.78 Å². The van der Waals surface area contributed by atoms with Gasteiger partial charge >= 0.3 is 0 Å². The lowest BCUT2D eigenvalue weighted by atomic mass is 9.89. The highest BCUT2D eigenvalue weighted by Crippen LogP contribution is 2.27. The van der Waals surface area contributed by atoms with E-state index in [0.29, 0.717) is 35.0 Å². The van der Waals surface area contributed by atoms with Crippen LogP contribution in [0.2, 0.25) is 0 Å². The molecule has 3 rings (SSSR count). The van der Waals surface area contributed by atoms with E-state index >= 15 is 0 Å². The zero-order chi connectivity index (χ0) is 17.1. The third kappa shape index (κ3) is 3.56. The lowest BCUT2D eigenvalue weighted by Gasteiger charge is -2.31. The van der Waals surface area contributed by atoms with Crippen molar-refractivity contribution in [1.82, 2.24) is 9.97 Å². The van der Waals surface area contributed by atoms with Crippen molar-refractivity contribution in [2.45, 2.75) is 12.8 Å². The van der Waals surface area contributed by atoms with Gasteiger partial charge in [0, 0.05) is 24.6 Å². The van der Waals surface area contributed by atoms with Crippen LogP contribution < -0.4 is 9.64 Å². The zero-order valence-corrected chi connectivity index (χ0v) is 14.8. The van der Waals surface area contributed by atoms with Crippen molar-refractivity contribution in [3.05, 3.63) is 46.3 Å². The second-order valence-electron chi connectivity index (χ2n) is 5.66. The number of nitrogens with zero attached hydrogens (tertiary/aromatic N) is 3. The van der Waals surface area contributed by atoms with E-state index in [4.69, 9.17) is 4.74 Å². The highest BCUT2D eigenvalue weighted by Gasteiger charge is 2.27. The molecule has 0 unspecified atom stereocenters. The van der Waals surface area contributed by atoms with Crippen molar-refractivity contribution in [2.75, 3.05) is 25.1 Å². The number of benzene rings is 1. The Labute approximate surface area is 148 Å². The van der Waals surface area contributed by atoms with Crippen LogP contribution in [0.5, 0.6) is 5.88 Å². The Bertz CT molecular complexity index is 731. The molecule has 1 aliphatic rings. The van der Waals surface area contributed by atoms with E-state index in [1.165, 1.54) is 12.1 Å². The highest BCUT2D eigenvalue weighted by molar-refractivity contribution is 9.10. The molecule has 2 heterocycles. The summed E-state index contributed by atoms with van der Waals surface area (Å²) in [6.45, 7) is 1.39. The largest absolute Gasteiger partial charge is 0.480 e. The van der Waals surface area contributed by atoms with Crippen LogP contribution in [0, 0.1) is 11.7 Å². The molecule has 7 heteroatoms. The Morgan fingerprint density at radius 3 is 2.58 bits per heavy atom. The monoisotopic (exact) mass is 393 g/mol. The van der Waals surface area contributed by atoms with Crippen LogP contribution in [0.3, 0.4) is 0 Å². The molecule has 5 nitrogen and oxygen atoms in total. The minimum absolute atomic E-state index is 0.0518. The summed E-state index contributed by atoms with van der Waals surface area (Å²) in [6, 6.07) is 5.74.